The number of ether oxygens (including phenoxy) is 7. The molecule has 72 heavy (non-hydrogen) atoms. The van der Waals surface area contributed by atoms with E-state index in [1.165, 1.54) is 47.6 Å². The molecule has 1 aliphatic heterocycles. The van der Waals surface area contributed by atoms with Gasteiger partial charge in [0, 0.05) is 61.5 Å². The zero-order valence-electron chi connectivity index (χ0n) is 40.8. The first-order valence-electron chi connectivity index (χ1n) is 23.6. The Bertz CT molecular complexity index is 2540. The Morgan fingerprint density at radius 2 is 1.43 bits per heavy atom. The topological polar surface area (TPSA) is 245 Å². The summed E-state index contributed by atoms with van der Waals surface area (Å²) in [5, 5.41) is 35.3. The van der Waals surface area contributed by atoms with Crippen molar-refractivity contribution < 1.29 is 82.0 Å². The van der Waals surface area contributed by atoms with Gasteiger partial charge in [-0.2, -0.15) is 0 Å². The zero-order valence-corrected chi connectivity index (χ0v) is 42.4. The lowest BCUT2D eigenvalue weighted by Gasteiger charge is -2.67. The maximum Gasteiger partial charge on any atom is 0.509 e. The molecule has 1 heterocycles. The van der Waals surface area contributed by atoms with Crippen molar-refractivity contribution in [2.24, 2.45) is 16.7 Å². The Labute approximate surface area is 425 Å². The Morgan fingerprint density at radius 3 is 2.01 bits per heavy atom. The molecule has 4 aliphatic rings. The van der Waals surface area contributed by atoms with Gasteiger partial charge in [-0.3, -0.25) is 19.2 Å². The van der Waals surface area contributed by atoms with Gasteiger partial charge < -0.3 is 48.5 Å². The number of ketones is 2. The molecule has 19 heteroatoms. The van der Waals surface area contributed by atoms with Gasteiger partial charge in [0.05, 0.1) is 36.2 Å². The Balaban J connectivity index is 1.39. The van der Waals surface area contributed by atoms with Crippen LogP contribution in [-0.4, -0.2) is 136 Å². The summed E-state index contributed by atoms with van der Waals surface area (Å²) in [6, 6.07) is 24.5. The van der Waals surface area contributed by atoms with Crippen molar-refractivity contribution in [3.63, 3.8) is 0 Å². The quantitative estimate of drug-likeness (QED) is 0.0323. The van der Waals surface area contributed by atoms with Crippen LogP contribution in [0, 0.1) is 16.7 Å². The van der Waals surface area contributed by atoms with E-state index in [9.17, 15) is 34.2 Å². The zero-order chi connectivity index (χ0) is 52.2. The number of hydrogen-bond donors (Lipinski definition) is 3. The molecule has 11 atom stereocenters. The van der Waals surface area contributed by atoms with E-state index in [0.717, 1.165) is 13.8 Å². The molecule has 0 aromatic heterocycles. The van der Waals surface area contributed by atoms with E-state index in [0.29, 0.717) is 22.6 Å². The van der Waals surface area contributed by atoms with Crippen LogP contribution < -0.4 is 0 Å². The molecular weight excluding hydrogens is 973 g/mol. The van der Waals surface area contributed by atoms with Crippen LogP contribution in [-0.2, 0) is 52.3 Å². The highest BCUT2D eigenvalue weighted by molar-refractivity contribution is 8.76. The van der Waals surface area contributed by atoms with E-state index >= 15 is 9.59 Å². The maximum atomic E-state index is 15.7. The molecule has 386 valence electrons. The number of fused-ring (bicyclic) bond motifs is 5. The van der Waals surface area contributed by atoms with Crippen LogP contribution in [0.4, 0.5) is 4.79 Å². The summed E-state index contributed by atoms with van der Waals surface area (Å²) < 4.78 is 42.1. The lowest BCUT2D eigenvalue weighted by Crippen LogP contribution is -2.82. The predicted octanol–water partition coefficient (Wildman–Crippen LogP) is 6.16. The van der Waals surface area contributed by atoms with Crippen molar-refractivity contribution in [2.45, 2.75) is 115 Å². The van der Waals surface area contributed by atoms with Crippen LogP contribution in [0.2, 0.25) is 0 Å². The van der Waals surface area contributed by atoms with Crippen molar-refractivity contribution in [2.75, 3.05) is 31.3 Å². The fourth-order valence-corrected chi connectivity index (χ4v) is 12.6. The third-order valence-corrected chi connectivity index (χ3v) is 17.0. The third-order valence-electron chi connectivity index (χ3n) is 14.6. The number of benzene rings is 3. The number of carbonyl (C=O) groups excluding carboxylic acids is 7. The molecule has 0 amide bonds. The smallest absolute Gasteiger partial charge is 0.455 e. The summed E-state index contributed by atoms with van der Waals surface area (Å²) >= 11 is 0. The monoisotopic (exact) mass is 1030 g/mol. The van der Waals surface area contributed by atoms with Gasteiger partial charge in [-0.1, -0.05) is 114 Å². The highest BCUT2D eigenvalue weighted by Gasteiger charge is 2.78. The summed E-state index contributed by atoms with van der Waals surface area (Å²) in [4.78, 5) is 99.4. The fourth-order valence-electron chi connectivity index (χ4n) is 11.0. The minimum Gasteiger partial charge on any atom is -0.455 e. The predicted molar refractivity (Wildman–Crippen MR) is 261 cm³/mol. The van der Waals surface area contributed by atoms with Crippen molar-refractivity contribution in [1.29, 1.82) is 0 Å². The number of rotatable bonds is 18. The lowest BCUT2D eigenvalue weighted by molar-refractivity contribution is -0.346. The highest BCUT2D eigenvalue weighted by Crippen LogP contribution is 2.64. The summed E-state index contributed by atoms with van der Waals surface area (Å²) in [6.07, 6.45) is -12.4. The van der Waals surface area contributed by atoms with Crippen LogP contribution in [0.5, 0.6) is 0 Å². The van der Waals surface area contributed by atoms with Gasteiger partial charge in [-0.15, -0.1) is 0 Å². The standard InChI is InChI=1S/C53H60O17S2/c1-30-38(67-48(61)42(68-49(62)64-23-25-72-71-24-22-54)36(33-16-10-7-11-17-33)26-37(57)34-18-12-8-13-19-34)28-53(63)46(69-47(60)35-20-14-9-15-21-35)44-51(6,39(58)27-40-52(44,29-65-40)70-32(3)56)45(59)43(66-31(2)55)41(30)50(53,4)5/h7-21,36,38-40,42-44,46,54,58,63H,22-29H2,1-6H3/t36?,38?,39-,40+,42?,43+,44?,46?,51+,52-,53+/m0/s1. The van der Waals surface area contributed by atoms with E-state index < -0.39 is 119 Å². The van der Waals surface area contributed by atoms with Gasteiger partial charge >= 0.3 is 30.0 Å². The van der Waals surface area contributed by atoms with Gasteiger partial charge in [0.15, 0.2) is 23.3 Å². The van der Waals surface area contributed by atoms with Crippen molar-refractivity contribution in [3.05, 3.63) is 119 Å². The number of carbonyl (C=O) groups is 7. The van der Waals surface area contributed by atoms with Gasteiger partial charge in [0.1, 0.15) is 30.5 Å². The summed E-state index contributed by atoms with van der Waals surface area (Å²) in [5.74, 6) is -7.24. The van der Waals surface area contributed by atoms with Crippen molar-refractivity contribution in [1.82, 2.24) is 0 Å². The molecule has 2 saturated carbocycles. The fraction of sp³-hybridized carbons (Fsp3) is 0.491. The average molecular weight is 1030 g/mol. The highest BCUT2D eigenvalue weighted by atomic mass is 33.1. The molecule has 3 fully saturated rings. The minimum absolute atomic E-state index is 0.0392. The van der Waals surface area contributed by atoms with Gasteiger partial charge in [0.2, 0.25) is 6.10 Å². The molecule has 3 N–H and O–H groups in total. The van der Waals surface area contributed by atoms with E-state index in [-0.39, 0.29) is 49.4 Å². The van der Waals surface area contributed by atoms with Crippen LogP contribution in [0.3, 0.4) is 0 Å². The maximum absolute atomic E-state index is 15.7. The molecule has 0 radical (unpaired) electrons. The van der Waals surface area contributed by atoms with Crippen LogP contribution in [0.1, 0.15) is 93.0 Å². The van der Waals surface area contributed by atoms with Crippen molar-refractivity contribution >= 4 is 63.2 Å². The normalized spacial score (nSPS) is 29.0. The molecular formula is C53H60O17S2. The first kappa shape index (κ1) is 54.2. The lowest BCUT2D eigenvalue weighted by atomic mass is 9.44. The number of esters is 4. The molecule has 3 aliphatic carbocycles. The Kier molecular flexibility index (Phi) is 16.8. The molecule has 5 unspecified atom stereocenters. The average Bonchev–Trinajstić information content (AvgIpc) is 3.35. The molecule has 3 aromatic carbocycles. The molecule has 7 rings (SSSR count). The number of aliphatic hydroxyl groups excluding tert-OH is 2. The van der Waals surface area contributed by atoms with Crippen LogP contribution in [0.15, 0.2) is 102 Å². The summed E-state index contributed by atoms with van der Waals surface area (Å²) in [6.45, 7) is 7.69. The van der Waals surface area contributed by atoms with Gasteiger partial charge in [0.25, 0.3) is 0 Å². The van der Waals surface area contributed by atoms with Gasteiger partial charge in [-0.05, 0) is 42.7 Å². The van der Waals surface area contributed by atoms with Crippen LogP contribution >= 0.6 is 21.6 Å². The number of hydrogen-bond acceptors (Lipinski definition) is 19. The molecule has 2 bridgehead atoms. The molecule has 0 spiro atoms. The second kappa shape index (κ2) is 22.3. The SMILES string of the molecule is CC(=O)O[C@H]1C(=O)[C@@]2(C)C(C(OC(=O)c3ccccc3)[C@]3(O)CC(OC(=O)C(OC(=O)OCCSSCCO)C(CC(=O)c4ccccc4)c4ccccc4)C(C)=C1C3(C)C)[C@]1(OC(C)=O)CO[C@@H]1C[C@@H]2O. The van der Waals surface area contributed by atoms with Crippen LogP contribution in [0.25, 0.3) is 0 Å². The first-order valence-corrected chi connectivity index (χ1v) is 26.1. The van der Waals surface area contributed by atoms with E-state index in [4.69, 9.17) is 38.3 Å². The van der Waals surface area contributed by atoms with E-state index in [1.807, 2.05) is 0 Å². The Morgan fingerprint density at radius 1 is 0.819 bits per heavy atom. The van der Waals surface area contributed by atoms with E-state index in [2.05, 4.69) is 0 Å². The third kappa shape index (κ3) is 10.5. The summed E-state index contributed by atoms with van der Waals surface area (Å²) in [7, 11) is 2.69. The van der Waals surface area contributed by atoms with Gasteiger partial charge in [-0.25, -0.2) is 14.4 Å². The minimum atomic E-state index is -2.46. The van der Waals surface area contributed by atoms with E-state index in [1.54, 1.807) is 92.7 Å². The number of Topliss-reactive ketones (excluding diaryl/α,β-unsaturated/α-hetero) is 2. The second-order valence-electron chi connectivity index (χ2n) is 19.2. The summed E-state index contributed by atoms with van der Waals surface area (Å²) in [5.41, 5.74) is -7.25. The first-order chi connectivity index (χ1) is 34.2. The molecule has 3 aromatic rings. The molecule has 1 saturated heterocycles. The molecule has 17 nitrogen and oxygen atoms in total. The second-order valence-corrected chi connectivity index (χ2v) is 21.9. The number of aliphatic hydroxyl groups is 3. The largest absolute Gasteiger partial charge is 0.509 e. The van der Waals surface area contributed by atoms with Crippen molar-refractivity contribution in [3.8, 4) is 0 Å². The Hall–Kier alpha value is -5.57.